The molecule has 5 heteroatoms. The molecule has 5 nitrogen and oxygen atoms in total. The SMILES string of the molecule is CCO[C@@H]1C[C@@H](N(C)CC(=O)NCC#N)C12CCCC2. The first-order valence-electron chi connectivity index (χ1n) is 7.59. The summed E-state index contributed by atoms with van der Waals surface area (Å²) >= 11 is 0. The molecule has 0 radical (unpaired) electrons. The summed E-state index contributed by atoms with van der Waals surface area (Å²) in [5.74, 6) is -0.0675. The molecule has 0 aliphatic heterocycles. The number of hydrogen-bond donors (Lipinski definition) is 1. The van der Waals surface area contributed by atoms with Crippen molar-refractivity contribution in [2.45, 2.75) is 51.2 Å². The van der Waals surface area contributed by atoms with Gasteiger partial charge in [-0.3, -0.25) is 9.69 Å². The summed E-state index contributed by atoms with van der Waals surface area (Å²) in [6.45, 7) is 3.28. The molecule has 0 heterocycles. The molecule has 20 heavy (non-hydrogen) atoms. The van der Waals surface area contributed by atoms with Crippen LogP contribution < -0.4 is 5.32 Å². The maximum Gasteiger partial charge on any atom is 0.235 e. The average Bonchev–Trinajstić information content (AvgIpc) is 2.92. The summed E-state index contributed by atoms with van der Waals surface area (Å²) in [6.07, 6.45) is 6.36. The first-order chi connectivity index (χ1) is 9.64. The van der Waals surface area contributed by atoms with Crippen molar-refractivity contribution < 1.29 is 9.53 Å². The Morgan fingerprint density at radius 1 is 1.50 bits per heavy atom. The number of nitrogens with one attached hydrogen (secondary N) is 1. The third kappa shape index (κ3) is 2.82. The third-order valence-electron chi connectivity index (χ3n) is 4.93. The standard InChI is InChI=1S/C15H25N3O2/c1-3-20-13-10-12(15(13)6-4-5-7-15)18(2)11-14(19)17-9-8-16/h12-13H,3-7,9-11H2,1-2H3,(H,17,19)/t12-,13-/m1/s1. The van der Waals surface area contributed by atoms with Crippen LogP contribution in [0.5, 0.6) is 0 Å². The molecule has 1 spiro atoms. The molecule has 2 aliphatic rings. The Morgan fingerprint density at radius 3 is 2.80 bits per heavy atom. The molecule has 2 saturated carbocycles. The van der Waals surface area contributed by atoms with Gasteiger partial charge in [-0.15, -0.1) is 0 Å². The van der Waals surface area contributed by atoms with E-state index in [-0.39, 0.29) is 17.9 Å². The van der Waals surface area contributed by atoms with Crippen LogP contribution in [-0.4, -0.2) is 49.7 Å². The van der Waals surface area contributed by atoms with E-state index in [2.05, 4.69) is 17.1 Å². The zero-order valence-corrected chi connectivity index (χ0v) is 12.5. The monoisotopic (exact) mass is 279 g/mol. The third-order valence-corrected chi connectivity index (χ3v) is 4.93. The van der Waals surface area contributed by atoms with Crippen molar-refractivity contribution in [3.63, 3.8) is 0 Å². The molecule has 2 fully saturated rings. The number of nitriles is 1. The molecule has 0 aromatic heterocycles. The van der Waals surface area contributed by atoms with Crippen molar-refractivity contribution in [3.05, 3.63) is 0 Å². The van der Waals surface area contributed by atoms with Crippen LogP contribution in [0.4, 0.5) is 0 Å². The zero-order chi connectivity index (χ0) is 14.6. The highest BCUT2D eigenvalue weighted by Crippen LogP contribution is 2.56. The average molecular weight is 279 g/mol. The second-order valence-corrected chi connectivity index (χ2v) is 5.99. The lowest BCUT2D eigenvalue weighted by Crippen LogP contribution is -2.63. The van der Waals surface area contributed by atoms with E-state index in [1.54, 1.807) is 0 Å². The number of nitrogens with zero attached hydrogens (tertiary/aromatic N) is 2. The summed E-state index contributed by atoms with van der Waals surface area (Å²) in [5.41, 5.74) is 0.264. The van der Waals surface area contributed by atoms with Crippen LogP contribution in [0, 0.1) is 16.7 Å². The van der Waals surface area contributed by atoms with Crippen LogP contribution in [0.3, 0.4) is 0 Å². The Balaban J connectivity index is 1.92. The quantitative estimate of drug-likeness (QED) is 0.744. The fourth-order valence-electron chi connectivity index (χ4n) is 4.00. The van der Waals surface area contributed by atoms with Gasteiger partial charge in [0.2, 0.25) is 5.91 Å². The van der Waals surface area contributed by atoms with Crippen LogP contribution in [0.1, 0.15) is 39.0 Å². The van der Waals surface area contributed by atoms with Crippen molar-refractivity contribution in [3.8, 4) is 6.07 Å². The Hall–Kier alpha value is -1.12. The number of hydrogen-bond acceptors (Lipinski definition) is 4. The van der Waals surface area contributed by atoms with Gasteiger partial charge in [0.15, 0.2) is 0 Å². The van der Waals surface area contributed by atoms with Gasteiger partial charge in [-0.25, -0.2) is 0 Å². The van der Waals surface area contributed by atoms with Crippen LogP contribution in [0.25, 0.3) is 0 Å². The smallest absolute Gasteiger partial charge is 0.235 e. The van der Waals surface area contributed by atoms with Crippen molar-refractivity contribution in [1.29, 1.82) is 5.26 Å². The van der Waals surface area contributed by atoms with E-state index in [4.69, 9.17) is 10.00 Å². The molecular formula is C15H25N3O2. The first kappa shape index (κ1) is 15.3. The van der Waals surface area contributed by atoms with Crippen LogP contribution in [-0.2, 0) is 9.53 Å². The fraction of sp³-hybridized carbons (Fsp3) is 0.867. The predicted molar refractivity (Wildman–Crippen MR) is 76.0 cm³/mol. The Labute approximate surface area is 121 Å². The van der Waals surface area contributed by atoms with Gasteiger partial charge in [-0.1, -0.05) is 12.8 Å². The van der Waals surface area contributed by atoms with E-state index in [1.165, 1.54) is 25.7 Å². The van der Waals surface area contributed by atoms with E-state index in [0.29, 0.717) is 18.7 Å². The molecule has 1 amide bonds. The highest BCUT2D eigenvalue weighted by molar-refractivity contribution is 5.78. The van der Waals surface area contributed by atoms with Gasteiger partial charge >= 0.3 is 0 Å². The van der Waals surface area contributed by atoms with E-state index in [1.807, 2.05) is 13.1 Å². The van der Waals surface area contributed by atoms with Gasteiger partial charge in [-0.2, -0.15) is 5.26 Å². The molecule has 1 N–H and O–H groups in total. The summed E-state index contributed by atoms with van der Waals surface area (Å²) in [7, 11) is 2.01. The molecule has 0 saturated heterocycles. The normalized spacial score (nSPS) is 27.3. The van der Waals surface area contributed by atoms with Crippen LogP contribution in [0.15, 0.2) is 0 Å². The first-order valence-corrected chi connectivity index (χ1v) is 7.59. The summed E-state index contributed by atoms with van der Waals surface area (Å²) in [4.78, 5) is 13.9. The lowest BCUT2D eigenvalue weighted by molar-refractivity contribution is -0.163. The van der Waals surface area contributed by atoms with Crippen molar-refractivity contribution in [2.75, 3.05) is 26.7 Å². The number of rotatable bonds is 6. The molecular weight excluding hydrogens is 254 g/mol. The van der Waals surface area contributed by atoms with Gasteiger partial charge in [0.1, 0.15) is 6.54 Å². The molecule has 112 valence electrons. The highest BCUT2D eigenvalue weighted by Gasteiger charge is 2.57. The second kappa shape index (κ2) is 6.55. The van der Waals surface area contributed by atoms with Gasteiger partial charge in [0, 0.05) is 18.1 Å². The van der Waals surface area contributed by atoms with Crippen LogP contribution >= 0.6 is 0 Å². The number of ether oxygens (including phenoxy) is 1. The number of carbonyl (C=O) groups excluding carboxylic acids is 1. The minimum absolute atomic E-state index is 0.0675. The molecule has 2 atom stereocenters. The topological polar surface area (TPSA) is 65.4 Å². The van der Waals surface area contributed by atoms with E-state index in [0.717, 1.165) is 13.0 Å². The number of amides is 1. The maximum absolute atomic E-state index is 11.7. The van der Waals surface area contributed by atoms with E-state index >= 15 is 0 Å². The molecule has 0 aromatic carbocycles. The van der Waals surface area contributed by atoms with E-state index in [9.17, 15) is 4.79 Å². The molecule has 0 unspecified atom stereocenters. The molecule has 2 aliphatic carbocycles. The largest absolute Gasteiger partial charge is 0.378 e. The van der Waals surface area contributed by atoms with Crippen molar-refractivity contribution >= 4 is 5.91 Å². The van der Waals surface area contributed by atoms with Gasteiger partial charge in [0.25, 0.3) is 0 Å². The minimum Gasteiger partial charge on any atom is -0.378 e. The van der Waals surface area contributed by atoms with Gasteiger partial charge in [-0.05, 0) is 33.2 Å². The molecule has 2 rings (SSSR count). The summed E-state index contributed by atoms with van der Waals surface area (Å²) in [5, 5.41) is 11.1. The van der Waals surface area contributed by atoms with Gasteiger partial charge in [0.05, 0.1) is 18.7 Å². The second-order valence-electron chi connectivity index (χ2n) is 5.99. The Morgan fingerprint density at radius 2 is 2.20 bits per heavy atom. The zero-order valence-electron chi connectivity index (χ0n) is 12.5. The molecule has 0 aromatic rings. The minimum atomic E-state index is -0.0675. The lowest BCUT2D eigenvalue weighted by atomic mass is 9.60. The number of carbonyl (C=O) groups is 1. The van der Waals surface area contributed by atoms with E-state index < -0.39 is 0 Å². The summed E-state index contributed by atoms with van der Waals surface area (Å²) in [6, 6.07) is 2.37. The van der Waals surface area contributed by atoms with Crippen molar-refractivity contribution in [1.82, 2.24) is 10.2 Å². The Kier molecular flexibility index (Phi) is 5.00. The lowest BCUT2D eigenvalue weighted by Gasteiger charge is -2.57. The predicted octanol–water partition coefficient (Wildman–Crippen LogP) is 1.30. The van der Waals surface area contributed by atoms with Gasteiger partial charge < -0.3 is 10.1 Å². The molecule has 0 bridgehead atoms. The fourth-order valence-corrected chi connectivity index (χ4v) is 4.00. The highest BCUT2D eigenvalue weighted by atomic mass is 16.5. The maximum atomic E-state index is 11.7. The van der Waals surface area contributed by atoms with Crippen molar-refractivity contribution in [2.24, 2.45) is 5.41 Å². The Bertz CT molecular complexity index is 385. The number of likely N-dealkylation sites (N-methyl/N-ethyl adjacent to an activating group) is 1. The van der Waals surface area contributed by atoms with Crippen LogP contribution in [0.2, 0.25) is 0 Å². The summed E-state index contributed by atoms with van der Waals surface area (Å²) < 4.78 is 5.90.